The van der Waals surface area contributed by atoms with Crippen molar-refractivity contribution in [1.29, 1.82) is 0 Å². The van der Waals surface area contributed by atoms with Gasteiger partial charge >= 0.3 is 0 Å². The van der Waals surface area contributed by atoms with Crippen LogP contribution in [0.4, 0.5) is 0 Å². The van der Waals surface area contributed by atoms with Gasteiger partial charge < -0.3 is 0 Å². The Labute approximate surface area is 138 Å². The van der Waals surface area contributed by atoms with Crippen LogP contribution in [-0.4, -0.2) is 0 Å². The fourth-order valence-corrected chi connectivity index (χ4v) is 3.82. The van der Waals surface area contributed by atoms with Crippen molar-refractivity contribution in [2.24, 2.45) is 0 Å². The predicted octanol–water partition coefficient (Wildman–Crippen LogP) is 6.49. The Kier molecular flexibility index (Phi) is 5.09. The highest BCUT2D eigenvalue weighted by Crippen LogP contribution is 2.43. The summed E-state index contributed by atoms with van der Waals surface area (Å²) < 4.78 is 0. The lowest BCUT2D eigenvalue weighted by atomic mass is 9.98. The summed E-state index contributed by atoms with van der Waals surface area (Å²) in [4.78, 5) is 0.532. The second-order valence-electron chi connectivity index (χ2n) is 5.65. The minimum absolute atomic E-state index is 0.266. The fourth-order valence-electron chi connectivity index (χ4n) is 2.68. The monoisotopic (exact) mass is 394 g/mol. The van der Waals surface area contributed by atoms with Crippen LogP contribution in [-0.2, 0) is 0 Å². The zero-order valence-corrected chi connectivity index (χ0v) is 15.5. The number of aryl methyl sites for hydroxylation is 4. The Balaban J connectivity index is 2.34. The molecule has 0 aromatic heterocycles. The van der Waals surface area contributed by atoms with E-state index < -0.39 is 0 Å². The van der Waals surface area contributed by atoms with E-state index in [1.165, 1.54) is 33.4 Å². The zero-order chi connectivity index (χ0) is 14.9. The van der Waals surface area contributed by atoms with Crippen molar-refractivity contribution in [2.45, 2.75) is 37.3 Å². The molecule has 0 saturated carbocycles. The smallest absolute Gasteiger partial charge is 0.0561 e. The van der Waals surface area contributed by atoms with Gasteiger partial charge in [-0.25, -0.2) is 0 Å². The second kappa shape index (κ2) is 6.44. The van der Waals surface area contributed by atoms with E-state index in [4.69, 9.17) is 0 Å². The molecule has 0 aliphatic heterocycles. The Morgan fingerprint density at radius 2 is 0.800 bits per heavy atom. The third-order valence-corrected chi connectivity index (χ3v) is 6.21. The van der Waals surface area contributed by atoms with E-state index in [-0.39, 0.29) is 9.65 Å². The summed E-state index contributed by atoms with van der Waals surface area (Å²) in [5, 5.41) is 0. The van der Waals surface area contributed by atoms with Crippen molar-refractivity contribution in [3.05, 3.63) is 69.8 Å². The van der Waals surface area contributed by atoms with E-state index in [0.717, 1.165) is 0 Å². The first kappa shape index (κ1) is 15.8. The first-order valence-electron chi connectivity index (χ1n) is 6.81. The van der Waals surface area contributed by atoms with Crippen LogP contribution in [0.3, 0.4) is 0 Å². The number of hydrogen-bond acceptors (Lipinski definition) is 0. The SMILES string of the molecule is Cc1cc(C)cc([C@@H](Br)[C@H](Br)c2cc(C)cc(C)c2)c1. The summed E-state index contributed by atoms with van der Waals surface area (Å²) in [5.74, 6) is 0. The van der Waals surface area contributed by atoms with Crippen LogP contribution < -0.4 is 0 Å². The number of halogens is 2. The van der Waals surface area contributed by atoms with Crippen molar-refractivity contribution in [1.82, 2.24) is 0 Å². The molecule has 2 rings (SSSR count). The molecule has 20 heavy (non-hydrogen) atoms. The molecular weight excluding hydrogens is 376 g/mol. The molecule has 0 nitrogen and oxygen atoms in total. The minimum atomic E-state index is 0.266. The molecule has 0 spiro atoms. The van der Waals surface area contributed by atoms with E-state index in [9.17, 15) is 0 Å². The Morgan fingerprint density at radius 1 is 0.550 bits per heavy atom. The molecule has 0 bridgehead atoms. The maximum atomic E-state index is 3.86. The first-order chi connectivity index (χ1) is 9.36. The summed E-state index contributed by atoms with van der Waals surface area (Å²) in [7, 11) is 0. The third-order valence-electron chi connectivity index (χ3n) is 3.38. The van der Waals surface area contributed by atoms with Gasteiger partial charge in [-0.2, -0.15) is 0 Å². The van der Waals surface area contributed by atoms with Gasteiger partial charge in [0.15, 0.2) is 0 Å². The molecule has 0 aliphatic carbocycles. The van der Waals surface area contributed by atoms with Gasteiger partial charge in [-0.05, 0) is 38.8 Å². The molecule has 2 aromatic carbocycles. The predicted molar refractivity (Wildman–Crippen MR) is 95.2 cm³/mol. The molecule has 0 fully saturated rings. The van der Waals surface area contributed by atoms with Crippen LogP contribution in [0.1, 0.15) is 43.0 Å². The summed E-state index contributed by atoms with van der Waals surface area (Å²) in [6.45, 7) is 8.60. The van der Waals surface area contributed by atoms with Gasteiger partial charge in [-0.1, -0.05) is 90.5 Å². The van der Waals surface area contributed by atoms with Gasteiger partial charge in [-0.15, -0.1) is 0 Å². The summed E-state index contributed by atoms with van der Waals surface area (Å²) >= 11 is 7.72. The molecular formula is C18H20Br2. The molecule has 0 saturated heterocycles. The van der Waals surface area contributed by atoms with Crippen molar-refractivity contribution >= 4 is 31.9 Å². The van der Waals surface area contributed by atoms with Crippen molar-refractivity contribution in [2.75, 3.05) is 0 Å². The molecule has 2 heteroatoms. The van der Waals surface area contributed by atoms with Crippen LogP contribution in [0.15, 0.2) is 36.4 Å². The van der Waals surface area contributed by atoms with Crippen LogP contribution in [0.25, 0.3) is 0 Å². The normalized spacial score (nSPS) is 14.1. The lowest BCUT2D eigenvalue weighted by molar-refractivity contribution is 0.930. The van der Waals surface area contributed by atoms with E-state index >= 15 is 0 Å². The summed E-state index contributed by atoms with van der Waals surface area (Å²) in [6, 6.07) is 13.4. The van der Waals surface area contributed by atoms with Gasteiger partial charge in [0.25, 0.3) is 0 Å². The maximum absolute atomic E-state index is 3.86. The topological polar surface area (TPSA) is 0 Å². The number of rotatable bonds is 3. The van der Waals surface area contributed by atoms with Gasteiger partial charge in [0.1, 0.15) is 0 Å². The molecule has 0 heterocycles. The van der Waals surface area contributed by atoms with E-state index in [1.54, 1.807) is 0 Å². The van der Waals surface area contributed by atoms with Crippen LogP contribution in [0, 0.1) is 27.7 Å². The quantitative estimate of drug-likeness (QED) is 0.520. The fraction of sp³-hybridized carbons (Fsp3) is 0.333. The molecule has 0 unspecified atom stereocenters. The van der Waals surface area contributed by atoms with E-state index in [0.29, 0.717) is 0 Å². The van der Waals surface area contributed by atoms with Crippen molar-refractivity contribution in [3.63, 3.8) is 0 Å². The van der Waals surface area contributed by atoms with Crippen LogP contribution in [0.5, 0.6) is 0 Å². The summed E-state index contributed by atoms with van der Waals surface area (Å²) in [6.07, 6.45) is 0. The molecule has 2 atom stereocenters. The molecule has 0 N–H and O–H groups in total. The second-order valence-corrected chi connectivity index (χ2v) is 7.62. The molecule has 0 radical (unpaired) electrons. The van der Waals surface area contributed by atoms with Crippen molar-refractivity contribution in [3.8, 4) is 0 Å². The maximum Gasteiger partial charge on any atom is 0.0561 e. The Bertz CT molecular complexity index is 521. The molecule has 2 aromatic rings. The summed E-state index contributed by atoms with van der Waals surface area (Å²) in [5.41, 5.74) is 7.88. The van der Waals surface area contributed by atoms with E-state index in [1.807, 2.05) is 0 Å². The number of hydrogen-bond donors (Lipinski definition) is 0. The minimum Gasteiger partial charge on any atom is -0.0823 e. The van der Waals surface area contributed by atoms with E-state index in [2.05, 4.69) is 96.0 Å². The highest BCUT2D eigenvalue weighted by molar-refractivity contribution is 9.12. The molecule has 106 valence electrons. The molecule has 0 amide bonds. The lowest BCUT2D eigenvalue weighted by Gasteiger charge is -2.20. The standard InChI is InChI=1S/C18H20Br2/c1-11-5-12(2)8-15(7-11)17(19)18(20)16-9-13(3)6-14(4)10-16/h5-10,17-18H,1-4H3/t17-,18-/m1/s1. The van der Waals surface area contributed by atoms with Crippen LogP contribution in [0.2, 0.25) is 0 Å². The Hall–Kier alpha value is -0.600. The average molecular weight is 396 g/mol. The highest BCUT2D eigenvalue weighted by atomic mass is 79.9. The van der Waals surface area contributed by atoms with Gasteiger partial charge in [-0.3, -0.25) is 0 Å². The Morgan fingerprint density at radius 3 is 1.05 bits per heavy atom. The molecule has 0 aliphatic rings. The highest BCUT2D eigenvalue weighted by Gasteiger charge is 2.20. The van der Waals surface area contributed by atoms with Crippen molar-refractivity contribution < 1.29 is 0 Å². The number of alkyl halides is 2. The van der Waals surface area contributed by atoms with Gasteiger partial charge in [0, 0.05) is 0 Å². The van der Waals surface area contributed by atoms with Crippen LogP contribution >= 0.6 is 31.9 Å². The number of benzene rings is 2. The first-order valence-corrected chi connectivity index (χ1v) is 8.64. The lowest BCUT2D eigenvalue weighted by Crippen LogP contribution is -2.01. The van der Waals surface area contributed by atoms with Gasteiger partial charge in [0.05, 0.1) is 9.65 Å². The van der Waals surface area contributed by atoms with Gasteiger partial charge in [0.2, 0.25) is 0 Å². The zero-order valence-electron chi connectivity index (χ0n) is 12.4. The third kappa shape index (κ3) is 3.73. The largest absolute Gasteiger partial charge is 0.0823 e. The average Bonchev–Trinajstić information content (AvgIpc) is 2.34.